The van der Waals surface area contributed by atoms with Gasteiger partial charge < -0.3 is 0 Å². The zero-order valence-corrected chi connectivity index (χ0v) is 25.6. The number of benzene rings is 4. The van der Waals surface area contributed by atoms with Gasteiger partial charge in [0.25, 0.3) is 0 Å². The Morgan fingerprint density at radius 3 is 1.02 bits per heavy atom. The van der Waals surface area contributed by atoms with Crippen LogP contribution >= 0.6 is 0 Å². The van der Waals surface area contributed by atoms with Gasteiger partial charge in [0.2, 0.25) is 23.6 Å². The molecule has 46 heavy (non-hydrogen) atoms. The average Bonchev–Trinajstić information content (AvgIpc) is 4.04. The summed E-state index contributed by atoms with van der Waals surface area (Å²) in [4.78, 5) is 51.0. The topological polar surface area (TPSA) is 116 Å². The van der Waals surface area contributed by atoms with Gasteiger partial charge in [0.15, 0.2) is 0 Å². The third-order valence-corrected chi connectivity index (χ3v) is 9.42. The monoisotopic (exact) mass is 614 g/mol. The molecule has 2 saturated carbocycles. The molecule has 234 valence electrons. The maximum atomic E-state index is 13.1. The molecular formula is C38H38N4O4. The molecule has 6 rings (SSSR count). The maximum absolute atomic E-state index is 13.1. The molecule has 2 fully saturated rings. The fraction of sp³-hybridized carbons (Fsp3) is 0.263. The lowest BCUT2D eigenvalue weighted by Gasteiger charge is -2.19. The molecule has 2 atom stereocenters. The van der Waals surface area contributed by atoms with Crippen LogP contribution in [-0.2, 0) is 30.0 Å². The van der Waals surface area contributed by atoms with Crippen LogP contribution in [0.15, 0.2) is 121 Å². The van der Waals surface area contributed by atoms with Crippen molar-refractivity contribution in [3.63, 3.8) is 0 Å². The highest BCUT2D eigenvalue weighted by molar-refractivity contribution is 5.89. The van der Waals surface area contributed by atoms with Crippen molar-refractivity contribution < 1.29 is 19.2 Å². The summed E-state index contributed by atoms with van der Waals surface area (Å²) in [6.07, 6.45) is 2.55. The van der Waals surface area contributed by atoms with Gasteiger partial charge in [-0.1, -0.05) is 121 Å². The van der Waals surface area contributed by atoms with E-state index < -0.39 is 10.8 Å². The number of hydrogen-bond donors (Lipinski definition) is 4. The molecule has 4 aromatic carbocycles. The number of unbranched alkanes of at least 4 members (excludes halogenated alkanes) is 1. The first kappa shape index (κ1) is 30.8. The largest absolute Gasteiger partial charge is 0.273 e. The lowest BCUT2D eigenvalue weighted by molar-refractivity contribution is -0.130. The predicted molar refractivity (Wildman–Crippen MR) is 175 cm³/mol. The molecule has 2 aliphatic carbocycles. The molecule has 0 heterocycles. The molecule has 8 heteroatoms. The summed E-state index contributed by atoms with van der Waals surface area (Å²) in [7, 11) is 0. The first-order valence-electron chi connectivity index (χ1n) is 15.8. The van der Waals surface area contributed by atoms with Crippen LogP contribution in [0, 0.1) is 11.8 Å². The molecule has 4 amide bonds. The van der Waals surface area contributed by atoms with Gasteiger partial charge in [0.05, 0.1) is 11.8 Å². The Labute approximate surface area is 268 Å². The van der Waals surface area contributed by atoms with Crippen LogP contribution in [0.2, 0.25) is 0 Å². The third-order valence-electron chi connectivity index (χ3n) is 9.42. The van der Waals surface area contributed by atoms with Crippen LogP contribution in [0.25, 0.3) is 0 Å². The first-order chi connectivity index (χ1) is 22.4. The second-order valence-electron chi connectivity index (χ2n) is 12.2. The number of hydrazine groups is 2. The van der Waals surface area contributed by atoms with Gasteiger partial charge in [-0.25, -0.2) is 0 Å². The summed E-state index contributed by atoms with van der Waals surface area (Å²) >= 11 is 0. The summed E-state index contributed by atoms with van der Waals surface area (Å²) in [5, 5.41) is 0. The van der Waals surface area contributed by atoms with Crippen LogP contribution in [0.1, 0.15) is 60.8 Å². The summed E-state index contributed by atoms with van der Waals surface area (Å²) in [5.41, 5.74) is 13.7. The normalized spacial score (nSPS) is 18.4. The first-order valence-corrected chi connectivity index (χ1v) is 15.8. The minimum atomic E-state index is -0.412. The van der Waals surface area contributed by atoms with Gasteiger partial charge in [-0.3, -0.25) is 40.9 Å². The van der Waals surface area contributed by atoms with Crippen molar-refractivity contribution in [2.45, 2.75) is 49.4 Å². The standard InChI is InChI=1S/C38H38N4O4/c43-33(39-41-35(45)31-25-37(31,27-15-5-1-6-16-27)28-17-7-2-8-18-28)23-13-14-24-34(44)40-42-36(46)32-26-38(32,29-19-9-3-10-20-29)30-21-11-4-12-22-30/h1-12,15-22,31-32H,13-14,23-26H2,(H,39,43)(H,40,44)(H,41,45)(H,42,46)/t31-,32-/m1/s1. The van der Waals surface area contributed by atoms with Crippen LogP contribution in [-0.4, -0.2) is 23.6 Å². The van der Waals surface area contributed by atoms with Crippen molar-refractivity contribution in [3.8, 4) is 0 Å². The molecule has 4 N–H and O–H groups in total. The van der Waals surface area contributed by atoms with E-state index in [1.165, 1.54) is 0 Å². The van der Waals surface area contributed by atoms with Crippen molar-refractivity contribution >= 4 is 23.6 Å². The molecule has 0 radical (unpaired) electrons. The second kappa shape index (κ2) is 13.4. The van der Waals surface area contributed by atoms with Crippen LogP contribution < -0.4 is 21.7 Å². The molecule has 0 saturated heterocycles. The Morgan fingerprint density at radius 2 is 0.739 bits per heavy atom. The Hall–Kier alpha value is -5.24. The summed E-state index contributed by atoms with van der Waals surface area (Å²) in [6, 6.07) is 39.9. The molecular weight excluding hydrogens is 576 g/mol. The highest BCUT2D eigenvalue weighted by Gasteiger charge is 2.61. The molecule has 8 nitrogen and oxygen atoms in total. The smallest absolute Gasteiger partial charge is 0.242 e. The van der Waals surface area contributed by atoms with Gasteiger partial charge in [0.1, 0.15) is 0 Å². The highest BCUT2D eigenvalue weighted by Crippen LogP contribution is 2.59. The lowest BCUT2D eigenvalue weighted by Crippen LogP contribution is -2.43. The van der Waals surface area contributed by atoms with Crippen molar-refractivity contribution in [2.24, 2.45) is 11.8 Å². The second-order valence-corrected chi connectivity index (χ2v) is 12.2. The Morgan fingerprint density at radius 1 is 0.457 bits per heavy atom. The zero-order valence-electron chi connectivity index (χ0n) is 25.6. The van der Waals surface area contributed by atoms with Crippen molar-refractivity contribution in [1.29, 1.82) is 0 Å². The molecule has 0 unspecified atom stereocenters. The van der Waals surface area contributed by atoms with Crippen molar-refractivity contribution in [1.82, 2.24) is 21.7 Å². The highest BCUT2D eigenvalue weighted by atomic mass is 16.2. The van der Waals surface area contributed by atoms with E-state index in [2.05, 4.69) is 21.7 Å². The van der Waals surface area contributed by atoms with E-state index in [1.807, 2.05) is 121 Å². The molecule has 0 bridgehead atoms. The summed E-state index contributed by atoms with van der Waals surface area (Å²) in [6.45, 7) is 0. The molecule has 0 aliphatic heterocycles. The van der Waals surface area contributed by atoms with E-state index in [1.54, 1.807) is 0 Å². The number of carbonyl (C=O) groups excluding carboxylic acids is 4. The van der Waals surface area contributed by atoms with E-state index >= 15 is 0 Å². The number of amides is 4. The quantitative estimate of drug-likeness (QED) is 0.143. The molecule has 0 aromatic heterocycles. The van der Waals surface area contributed by atoms with Crippen LogP contribution in [0.5, 0.6) is 0 Å². The van der Waals surface area contributed by atoms with Gasteiger partial charge >= 0.3 is 0 Å². The van der Waals surface area contributed by atoms with Gasteiger partial charge in [-0.2, -0.15) is 0 Å². The van der Waals surface area contributed by atoms with Crippen LogP contribution in [0.4, 0.5) is 0 Å². The zero-order chi connectivity index (χ0) is 32.0. The van der Waals surface area contributed by atoms with Gasteiger partial charge in [-0.05, 0) is 47.9 Å². The fourth-order valence-electron chi connectivity index (χ4n) is 6.84. The Kier molecular flexibility index (Phi) is 8.97. The Bertz CT molecular complexity index is 1470. The summed E-state index contributed by atoms with van der Waals surface area (Å²) < 4.78 is 0. The lowest BCUT2D eigenvalue weighted by atomic mass is 9.85. The number of rotatable bonds is 11. The molecule has 4 aromatic rings. The number of carbonyl (C=O) groups is 4. The maximum Gasteiger partial charge on any atom is 0.242 e. The SMILES string of the molecule is O=C(CCCCC(=O)NNC(=O)[C@H]1CC1(c1ccccc1)c1ccccc1)NNC(=O)[C@H]1CC1(c1ccccc1)c1ccccc1. The number of hydrogen-bond acceptors (Lipinski definition) is 4. The van der Waals surface area contributed by atoms with E-state index in [0.717, 1.165) is 22.3 Å². The van der Waals surface area contributed by atoms with E-state index in [4.69, 9.17) is 0 Å². The molecule has 2 aliphatic rings. The minimum Gasteiger partial charge on any atom is -0.273 e. The van der Waals surface area contributed by atoms with Crippen molar-refractivity contribution in [3.05, 3.63) is 144 Å². The Balaban J connectivity index is 0.914. The van der Waals surface area contributed by atoms with Gasteiger partial charge in [0, 0.05) is 23.7 Å². The minimum absolute atomic E-state index is 0.159. The van der Waals surface area contributed by atoms with Crippen molar-refractivity contribution in [2.75, 3.05) is 0 Å². The molecule has 0 spiro atoms. The third kappa shape index (κ3) is 6.29. The van der Waals surface area contributed by atoms with E-state index in [0.29, 0.717) is 25.7 Å². The van der Waals surface area contributed by atoms with E-state index in [9.17, 15) is 19.2 Å². The predicted octanol–water partition coefficient (Wildman–Crippen LogP) is 4.85. The van der Waals surface area contributed by atoms with Crippen LogP contribution in [0.3, 0.4) is 0 Å². The van der Waals surface area contributed by atoms with Gasteiger partial charge in [-0.15, -0.1) is 0 Å². The van der Waals surface area contributed by atoms with E-state index in [-0.39, 0.29) is 48.3 Å². The fourth-order valence-corrected chi connectivity index (χ4v) is 6.84. The number of nitrogens with one attached hydrogen (secondary N) is 4. The average molecular weight is 615 g/mol. The summed E-state index contributed by atoms with van der Waals surface area (Å²) in [5.74, 6) is -1.68.